The lowest BCUT2D eigenvalue weighted by Crippen LogP contribution is -2.32. The molecule has 1 aliphatic carbocycles. The van der Waals surface area contributed by atoms with Gasteiger partial charge in [-0.25, -0.2) is 13.1 Å². The highest BCUT2D eigenvalue weighted by Gasteiger charge is 2.34. The van der Waals surface area contributed by atoms with Gasteiger partial charge >= 0.3 is 0 Å². The van der Waals surface area contributed by atoms with Crippen LogP contribution < -0.4 is 4.72 Å². The van der Waals surface area contributed by atoms with E-state index in [2.05, 4.69) is 4.72 Å². The second-order valence-electron chi connectivity index (χ2n) is 5.76. The van der Waals surface area contributed by atoms with E-state index in [1.165, 1.54) is 0 Å². The SMILES string of the molecule is Cc1ccc(S(=O)(=O)NC2c3ccccc3CC2CO)cc1. The first-order valence-corrected chi connectivity index (χ1v) is 8.77. The van der Waals surface area contributed by atoms with Crippen LogP contribution in [0.5, 0.6) is 0 Å². The number of aryl methyl sites for hydroxylation is 1. The molecular weight excluding hydrogens is 298 g/mol. The van der Waals surface area contributed by atoms with Crippen LogP contribution in [0.1, 0.15) is 22.7 Å². The lowest BCUT2D eigenvalue weighted by Gasteiger charge is -2.20. The zero-order valence-electron chi connectivity index (χ0n) is 12.4. The van der Waals surface area contributed by atoms with Gasteiger partial charge in [0, 0.05) is 12.5 Å². The number of rotatable bonds is 4. The standard InChI is InChI=1S/C17H19NO3S/c1-12-6-8-15(9-7-12)22(20,21)18-17-14(11-19)10-13-4-2-3-5-16(13)17/h2-9,14,17-19H,10-11H2,1H3. The van der Waals surface area contributed by atoms with E-state index in [-0.39, 0.29) is 23.5 Å². The summed E-state index contributed by atoms with van der Waals surface area (Å²) in [7, 11) is -3.61. The van der Waals surface area contributed by atoms with Crippen LogP contribution >= 0.6 is 0 Å². The maximum atomic E-state index is 12.6. The highest BCUT2D eigenvalue weighted by atomic mass is 32.2. The fourth-order valence-electron chi connectivity index (χ4n) is 2.96. The van der Waals surface area contributed by atoms with Crippen LogP contribution in [0.25, 0.3) is 0 Å². The van der Waals surface area contributed by atoms with E-state index in [4.69, 9.17) is 0 Å². The van der Waals surface area contributed by atoms with Gasteiger partial charge in [-0.15, -0.1) is 0 Å². The Balaban J connectivity index is 1.92. The largest absolute Gasteiger partial charge is 0.396 e. The molecule has 22 heavy (non-hydrogen) atoms. The Morgan fingerprint density at radius 3 is 2.50 bits per heavy atom. The average Bonchev–Trinajstić information content (AvgIpc) is 2.85. The van der Waals surface area contributed by atoms with Crippen molar-refractivity contribution in [3.8, 4) is 0 Å². The Labute approximate surface area is 130 Å². The van der Waals surface area contributed by atoms with Gasteiger partial charge in [0.1, 0.15) is 0 Å². The maximum Gasteiger partial charge on any atom is 0.241 e. The van der Waals surface area contributed by atoms with E-state index in [1.807, 2.05) is 31.2 Å². The molecule has 3 rings (SSSR count). The molecule has 0 fully saturated rings. The van der Waals surface area contributed by atoms with Crippen molar-refractivity contribution in [3.63, 3.8) is 0 Å². The fraction of sp³-hybridized carbons (Fsp3) is 0.294. The Morgan fingerprint density at radius 1 is 1.14 bits per heavy atom. The molecule has 2 unspecified atom stereocenters. The van der Waals surface area contributed by atoms with E-state index < -0.39 is 10.0 Å². The molecule has 0 aromatic heterocycles. The van der Waals surface area contributed by atoms with Crippen molar-refractivity contribution in [1.29, 1.82) is 0 Å². The number of sulfonamides is 1. The summed E-state index contributed by atoms with van der Waals surface area (Å²) >= 11 is 0. The minimum atomic E-state index is -3.61. The summed E-state index contributed by atoms with van der Waals surface area (Å²) in [6, 6.07) is 14.1. The van der Waals surface area contributed by atoms with Gasteiger partial charge in [0.25, 0.3) is 0 Å². The first-order chi connectivity index (χ1) is 10.5. The Morgan fingerprint density at radius 2 is 1.82 bits per heavy atom. The summed E-state index contributed by atoms with van der Waals surface area (Å²) in [6.07, 6.45) is 0.688. The fourth-order valence-corrected chi connectivity index (χ4v) is 4.24. The third-order valence-corrected chi connectivity index (χ3v) is 5.65. The molecule has 0 saturated carbocycles. The van der Waals surface area contributed by atoms with E-state index in [1.54, 1.807) is 24.3 Å². The maximum absolute atomic E-state index is 12.6. The molecule has 2 aromatic carbocycles. The summed E-state index contributed by atoms with van der Waals surface area (Å²) in [5.41, 5.74) is 3.06. The van der Waals surface area contributed by atoms with Crippen molar-refractivity contribution < 1.29 is 13.5 Å². The van der Waals surface area contributed by atoms with Gasteiger partial charge in [-0.1, -0.05) is 42.0 Å². The average molecular weight is 317 g/mol. The van der Waals surface area contributed by atoms with Gasteiger partial charge < -0.3 is 5.11 Å². The van der Waals surface area contributed by atoms with Gasteiger partial charge in [-0.05, 0) is 36.6 Å². The van der Waals surface area contributed by atoms with E-state index in [0.717, 1.165) is 16.7 Å². The van der Waals surface area contributed by atoms with E-state index in [9.17, 15) is 13.5 Å². The van der Waals surface area contributed by atoms with Crippen LogP contribution in [-0.2, 0) is 16.4 Å². The lowest BCUT2D eigenvalue weighted by molar-refractivity contribution is 0.208. The van der Waals surface area contributed by atoms with E-state index >= 15 is 0 Å². The number of benzene rings is 2. The number of hydrogen-bond acceptors (Lipinski definition) is 3. The van der Waals surface area contributed by atoms with Crippen molar-refractivity contribution in [2.24, 2.45) is 5.92 Å². The predicted octanol–water partition coefficient (Wildman–Crippen LogP) is 2.18. The number of nitrogens with one attached hydrogen (secondary N) is 1. The molecule has 2 N–H and O–H groups in total. The molecule has 0 heterocycles. The van der Waals surface area contributed by atoms with Crippen LogP contribution in [-0.4, -0.2) is 20.1 Å². The van der Waals surface area contributed by atoms with Crippen LogP contribution in [0, 0.1) is 12.8 Å². The lowest BCUT2D eigenvalue weighted by atomic mass is 10.0. The van der Waals surface area contributed by atoms with Crippen LogP contribution in [0.4, 0.5) is 0 Å². The Hall–Kier alpha value is -1.69. The molecule has 2 aromatic rings. The molecule has 0 saturated heterocycles. The summed E-state index contributed by atoms with van der Waals surface area (Å²) < 4.78 is 27.9. The summed E-state index contributed by atoms with van der Waals surface area (Å²) in [5.74, 6) is -0.127. The van der Waals surface area contributed by atoms with Crippen molar-refractivity contribution in [2.45, 2.75) is 24.3 Å². The second kappa shape index (κ2) is 5.83. The van der Waals surface area contributed by atoms with Crippen molar-refractivity contribution >= 4 is 10.0 Å². The molecule has 0 aliphatic heterocycles. The molecular formula is C17H19NO3S. The van der Waals surface area contributed by atoms with Gasteiger partial charge in [0.15, 0.2) is 0 Å². The molecule has 0 bridgehead atoms. The second-order valence-corrected chi connectivity index (χ2v) is 7.47. The minimum Gasteiger partial charge on any atom is -0.396 e. The first kappa shape index (κ1) is 15.2. The molecule has 2 atom stereocenters. The Kier molecular flexibility index (Phi) is 4.04. The van der Waals surface area contributed by atoms with Gasteiger partial charge in [-0.3, -0.25) is 0 Å². The number of hydrogen-bond donors (Lipinski definition) is 2. The van der Waals surface area contributed by atoms with Crippen LogP contribution in [0.3, 0.4) is 0 Å². The summed E-state index contributed by atoms with van der Waals surface area (Å²) in [4.78, 5) is 0.249. The molecule has 0 radical (unpaired) electrons. The monoisotopic (exact) mass is 317 g/mol. The quantitative estimate of drug-likeness (QED) is 0.908. The molecule has 0 amide bonds. The van der Waals surface area contributed by atoms with Crippen molar-refractivity contribution in [2.75, 3.05) is 6.61 Å². The van der Waals surface area contributed by atoms with Crippen LogP contribution in [0.15, 0.2) is 53.4 Å². The van der Waals surface area contributed by atoms with Gasteiger partial charge in [0.05, 0.1) is 10.9 Å². The number of fused-ring (bicyclic) bond motifs is 1. The number of aliphatic hydroxyl groups excluding tert-OH is 1. The molecule has 0 spiro atoms. The van der Waals surface area contributed by atoms with Crippen molar-refractivity contribution in [1.82, 2.24) is 4.72 Å². The zero-order valence-corrected chi connectivity index (χ0v) is 13.2. The summed E-state index contributed by atoms with van der Waals surface area (Å²) in [5, 5.41) is 9.58. The molecule has 5 heteroatoms. The first-order valence-electron chi connectivity index (χ1n) is 7.29. The molecule has 116 valence electrons. The third kappa shape index (κ3) is 2.79. The third-order valence-electron chi connectivity index (χ3n) is 4.19. The zero-order chi connectivity index (χ0) is 15.7. The normalized spacial score (nSPS) is 20.8. The Bertz CT molecular complexity index is 769. The smallest absolute Gasteiger partial charge is 0.241 e. The van der Waals surface area contributed by atoms with Crippen molar-refractivity contribution in [3.05, 3.63) is 65.2 Å². The number of aliphatic hydroxyl groups is 1. The minimum absolute atomic E-state index is 0.0459. The molecule has 1 aliphatic rings. The van der Waals surface area contributed by atoms with E-state index in [0.29, 0.717) is 6.42 Å². The summed E-state index contributed by atoms with van der Waals surface area (Å²) in [6.45, 7) is 1.87. The highest BCUT2D eigenvalue weighted by Crippen LogP contribution is 2.36. The topological polar surface area (TPSA) is 66.4 Å². The predicted molar refractivity (Wildman–Crippen MR) is 85.0 cm³/mol. The van der Waals surface area contributed by atoms with Crippen LogP contribution in [0.2, 0.25) is 0 Å². The van der Waals surface area contributed by atoms with Gasteiger partial charge in [0.2, 0.25) is 10.0 Å². The highest BCUT2D eigenvalue weighted by molar-refractivity contribution is 7.89. The van der Waals surface area contributed by atoms with Gasteiger partial charge in [-0.2, -0.15) is 0 Å². The molecule has 4 nitrogen and oxygen atoms in total.